The maximum atomic E-state index is 13.6. The molecule has 5 heteroatoms. The van der Waals surface area contributed by atoms with Gasteiger partial charge in [0.25, 0.3) is 0 Å². The molecule has 0 aromatic heterocycles. The molecule has 0 aromatic rings. The number of carbonyl (C=O) groups is 1. The monoisotopic (exact) mass is 393 g/mol. The van der Waals surface area contributed by atoms with Crippen molar-refractivity contribution < 1.29 is 9.18 Å². The highest BCUT2D eigenvalue weighted by Gasteiger charge is 2.44. The fraction of sp³-hybridized carbons (Fsp3) is 0.957. The van der Waals surface area contributed by atoms with E-state index in [0.717, 1.165) is 63.1 Å². The zero-order chi connectivity index (χ0) is 19.7. The summed E-state index contributed by atoms with van der Waals surface area (Å²) in [5, 5.41) is 2.27. The summed E-state index contributed by atoms with van der Waals surface area (Å²) >= 11 is 0. The quantitative estimate of drug-likeness (QED) is 0.784. The Labute approximate surface area is 170 Å². The van der Waals surface area contributed by atoms with Crippen LogP contribution in [0.3, 0.4) is 0 Å². The van der Waals surface area contributed by atoms with Crippen LogP contribution in [0.25, 0.3) is 0 Å². The molecule has 4 nitrogen and oxygen atoms in total. The van der Waals surface area contributed by atoms with Crippen LogP contribution in [0.4, 0.5) is 4.39 Å². The Kier molecular flexibility index (Phi) is 6.61. The van der Waals surface area contributed by atoms with Gasteiger partial charge in [0.15, 0.2) is 0 Å². The summed E-state index contributed by atoms with van der Waals surface area (Å²) in [6, 6.07) is 0.589. The Hall–Kier alpha value is -0.680. The number of alkyl halides is 1. The minimum Gasteiger partial charge on any atom is -0.342 e. The molecule has 5 atom stereocenters. The zero-order valence-electron chi connectivity index (χ0n) is 17.9. The number of hydrogen-bond acceptors (Lipinski definition) is 3. The first-order chi connectivity index (χ1) is 13.5. The highest BCUT2D eigenvalue weighted by Crippen LogP contribution is 2.48. The van der Waals surface area contributed by atoms with Crippen LogP contribution < -0.4 is 5.43 Å². The number of nitrogens with one attached hydrogen (secondary N) is 1. The smallest absolute Gasteiger partial charge is 0.222 e. The van der Waals surface area contributed by atoms with Gasteiger partial charge in [-0.15, -0.1) is 0 Å². The lowest BCUT2D eigenvalue weighted by Gasteiger charge is -2.45. The van der Waals surface area contributed by atoms with Gasteiger partial charge in [0, 0.05) is 39.1 Å². The van der Waals surface area contributed by atoms with E-state index < -0.39 is 6.17 Å². The Balaban J connectivity index is 1.43. The molecular weight excluding hydrogens is 353 g/mol. The highest BCUT2D eigenvalue weighted by molar-refractivity contribution is 5.76. The van der Waals surface area contributed by atoms with E-state index in [1.54, 1.807) is 0 Å². The van der Waals surface area contributed by atoms with Gasteiger partial charge in [0.05, 0.1) is 0 Å². The lowest BCUT2D eigenvalue weighted by Crippen LogP contribution is -2.46. The van der Waals surface area contributed by atoms with Crippen LogP contribution in [0.5, 0.6) is 0 Å². The minimum absolute atomic E-state index is 0.328. The molecule has 2 saturated heterocycles. The molecule has 1 N–H and O–H groups in total. The molecule has 5 unspecified atom stereocenters. The topological polar surface area (TPSA) is 35.6 Å². The van der Waals surface area contributed by atoms with Crippen molar-refractivity contribution >= 4 is 5.91 Å². The number of carbonyl (C=O) groups excluding carboxylic acids is 1. The van der Waals surface area contributed by atoms with E-state index in [1.807, 2.05) is 6.92 Å². The van der Waals surface area contributed by atoms with Gasteiger partial charge >= 0.3 is 0 Å². The van der Waals surface area contributed by atoms with Crippen molar-refractivity contribution in [3.63, 3.8) is 0 Å². The Morgan fingerprint density at radius 1 is 0.929 bits per heavy atom. The van der Waals surface area contributed by atoms with Crippen molar-refractivity contribution in [2.75, 3.05) is 26.7 Å². The fourth-order valence-electron chi connectivity index (χ4n) is 6.93. The first kappa shape index (κ1) is 20.6. The maximum Gasteiger partial charge on any atom is 0.222 e. The summed E-state index contributed by atoms with van der Waals surface area (Å²) in [5.41, 5.74) is 3.75. The first-order valence-electron chi connectivity index (χ1n) is 11.9. The van der Waals surface area contributed by atoms with Crippen LogP contribution in [-0.4, -0.2) is 54.7 Å². The number of rotatable bonds is 4. The second-order valence-corrected chi connectivity index (χ2v) is 10.1. The van der Waals surface area contributed by atoms with Crippen LogP contribution in [0.1, 0.15) is 71.1 Å². The van der Waals surface area contributed by atoms with Crippen molar-refractivity contribution in [2.45, 2.75) is 83.3 Å². The van der Waals surface area contributed by atoms with Crippen LogP contribution in [0.15, 0.2) is 0 Å². The number of likely N-dealkylation sites (tertiary alicyclic amines) is 1. The van der Waals surface area contributed by atoms with Crippen molar-refractivity contribution in [2.24, 2.45) is 29.6 Å². The number of halogens is 1. The molecule has 28 heavy (non-hydrogen) atoms. The lowest BCUT2D eigenvalue weighted by atomic mass is 9.62. The van der Waals surface area contributed by atoms with Crippen molar-refractivity contribution in [3.05, 3.63) is 0 Å². The van der Waals surface area contributed by atoms with Gasteiger partial charge in [0.2, 0.25) is 5.91 Å². The second-order valence-electron chi connectivity index (χ2n) is 10.1. The largest absolute Gasteiger partial charge is 0.342 e. The lowest BCUT2D eigenvalue weighted by molar-refractivity contribution is -0.130. The normalized spacial score (nSPS) is 42.8. The molecule has 0 bridgehead atoms. The minimum atomic E-state index is -0.547. The third kappa shape index (κ3) is 4.40. The van der Waals surface area contributed by atoms with Crippen molar-refractivity contribution in [1.82, 2.24) is 15.3 Å². The molecule has 2 saturated carbocycles. The van der Waals surface area contributed by atoms with Gasteiger partial charge in [-0.3, -0.25) is 10.2 Å². The molecule has 4 fully saturated rings. The number of hydrazine groups is 1. The first-order valence-corrected chi connectivity index (χ1v) is 11.9. The highest BCUT2D eigenvalue weighted by atomic mass is 19.1. The molecule has 1 amide bonds. The Bertz CT molecular complexity index is 536. The van der Waals surface area contributed by atoms with Crippen LogP contribution in [0, 0.1) is 29.6 Å². The predicted molar refractivity (Wildman–Crippen MR) is 110 cm³/mol. The average Bonchev–Trinajstić information content (AvgIpc) is 3.37. The third-order valence-electron chi connectivity index (χ3n) is 8.53. The zero-order valence-corrected chi connectivity index (χ0v) is 17.9. The van der Waals surface area contributed by atoms with Crippen LogP contribution >= 0.6 is 0 Å². The van der Waals surface area contributed by atoms with Crippen LogP contribution in [0.2, 0.25) is 0 Å². The molecule has 2 aliphatic heterocycles. The molecule has 2 aliphatic carbocycles. The van der Waals surface area contributed by atoms with E-state index in [1.165, 1.54) is 32.1 Å². The molecule has 2 heterocycles. The molecule has 160 valence electrons. The number of hydrogen-bond donors (Lipinski definition) is 1. The third-order valence-corrected chi connectivity index (χ3v) is 8.53. The summed E-state index contributed by atoms with van der Waals surface area (Å²) in [5.74, 6) is 4.00. The van der Waals surface area contributed by atoms with E-state index in [0.29, 0.717) is 30.2 Å². The summed E-state index contributed by atoms with van der Waals surface area (Å²) in [7, 11) is 2.16. The number of nitrogens with zero attached hydrogens (tertiary/aromatic N) is 2. The van der Waals surface area contributed by atoms with E-state index in [-0.39, 0.29) is 0 Å². The molecule has 0 radical (unpaired) electrons. The van der Waals surface area contributed by atoms with Gasteiger partial charge in [-0.1, -0.05) is 6.92 Å². The molecule has 0 aromatic carbocycles. The van der Waals surface area contributed by atoms with Gasteiger partial charge in [-0.2, -0.15) is 0 Å². The van der Waals surface area contributed by atoms with Crippen molar-refractivity contribution in [3.8, 4) is 0 Å². The van der Waals surface area contributed by atoms with Crippen molar-refractivity contribution in [1.29, 1.82) is 0 Å². The van der Waals surface area contributed by atoms with E-state index in [4.69, 9.17) is 0 Å². The van der Waals surface area contributed by atoms with E-state index >= 15 is 0 Å². The molecule has 0 spiro atoms. The Morgan fingerprint density at radius 3 is 2.36 bits per heavy atom. The van der Waals surface area contributed by atoms with Gasteiger partial charge in [-0.05, 0) is 87.4 Å². The summed E-state index contributed by atoms with van der Waals surface area (Å²) in [6.45, 7) is 5.06. The summed E-state index contributed by atoms with van der Waals surface area (Å²) in [4.78, 5) is 14.3. The second kappa shape index (κ2) is 8.99. The fourth-order valence-corrected chi connectivity index (χ4v) is 6.93. The van der Waals surface area contributed by atoms with Crippen LogP contribution in [-0.2, 0) is 4.79 Å². The van der Waals surface area contributed by atoms with Gasteiger partial charge < -0.3 is 4.90 Å². The Morgan fingerprint density at radius 2 is 1.68 bits per heavy atom. The van der Waals surface area contributed by atoms with Gasteiger partial charge in [0.1, 0.15) is 6.17 Å². The SMILES string of the molecule is CCC(=O)N1CCC(C2CCC(C3CCC(F)CC3)CC2C2CCN(C)N2)C1. The summed E-state index contributed by atoms with van der Waals surface area (Å²) < 4.78 is 13.6. The summed E-state index contributed by atoms with van der Waals surface area (Å²) in [6.07, 6.45) is 10.2. The van der Waals surface area contributed by atoms with Gasteiger partial charge in [-0.25, -0.2) is 9.40 Å². The number of amides is 1. The standard InChI is InChI=1S/C23H40FN3O/c1-3-23(28)27-13-10-18(15-27)20-9-6-17(16-4-7-19(24)8-5-16)14-21(20)22-11-12-26(2)25-22/h16-22,25H,3-15H2,1-2H3. The molecule has 4 rings (SSSR count). The van der Waals surface area contributed by atoms with E-state index in [9.17, 15) is 9.18 Å². The molecule has 4 aliphatic rings. The predicted octanol–water partition coefficient (Wildman–Crippen LogP) is 4.01. The van der Waals surface area contributed by atoms with E-state index in [2.05, 4.69) is 22.4 Å². The average molecular weight is 394 g/mol. The molecular formula is C23H40FN3O. The maximum absolute atomic E-state index is 13.6.